The van der Waals surface area contributed by atoms with Crippen molar-refractivity contribution in [3.05, 3.63) is 88.8 Å². The molecule has 10 heteroatoms. The van der Waals surface area contributed by atoms with Gasteiger partial charge in [-0.2, -0.15) is 5.10 Å². The molecule has 0 aliphatic rings. The van der Waals surface area contributed by atoms with Crippen LogP contribution in [-0.2, 0) is 0 Å². The fourth-order valence-electron chi connectivity index (χ4n) is 3.40. The molecule has 0 aliphatic heterocycles. The molecule has 4 N–H and O–H groups in total. The molecule has 4 aromatic rings. The van der Waals surface area contributed by atoms with Crippen LogP contribution in [-0.4, -0.2) is 26.7 Å². The highest BCUT2D eigenvalue weighted by atomic mass is 35.5. The summed E-state index contributed by atoms with van der Waals surface area (Å²) in [7, 11) is 0. The Morgan fingerprint density at radius 2 is 1.81 bits per heavy atom. The SMILES string of the molecule is Cc1cccc(-n2nc(C(C)C)cc2NC(=O)Nc2ccc(Oc3ccnc(C(N)=O)c3)cc2Cl)c1. The molecule has 36 heavy (non-hydrogen) atoms. The normalized spacial score (nSPS) is 10.8. The van der Waals surface area contributed by atoms with Crippen LogP contribution < -0.4 is 21.1 Å². The lowest BCUT2D eigenvalue weighted by Crippen LogP contribution is -2.21. The Bertz CT molecular complexity index is 1430. The van der Waals surface area contributed by atoms with Crippen LogP contribution in [0.2, 0.25) is 5.02 Å². The van der Waals surface area contributed by atoms with Crippen molar-refractivity contribution in [2.24, 2.45) is 5.73 Å². The molecule has 184 valence electrons. The summed E-state index contributed by atoms with van der Waals surface area (Å²) >= 11 is 6.39. The zero-order valence-electron chi connectivity index (χ0n) is 19.9. The van der Waals surface area contributed by atoms with Crippen molar-refractivity contribution in [2.75, 3.05) is 10.6 Å². The van der Waals surface area contributed by atoms with E-state index in [-0.39, 0.29) is 16.6 Å². The third kappa shape index (κ3) is 5.81. The van der Waals surface area contributed by atoms with E-state index in [0.717, 1.165) is 16.9 Å². The number of ether oxygens (including phenoxy) is 1. The number of aromatic nitrogens is 3. The molecule has 0 bridgehead atoms. The summed E-state index contributed by atoms with van der Waals surface area (Å²) in [5.74, 6) is 0.834. The Morgan fingerprint density at radius 3 is 2.50 bits per heavy atom. The topological polar surface area (TPSA) is 124 Å². The minimum absolute atomic E-state index is 0.0825. The Morgan fingerprint density at radius 1 is 1.03 bits per heavy atom. The van der Waals surface area contributed by atoms with Crippen LogP contribution in [0.4, 0.5) is 16.3 Å². The number of aryl methyl sites for hydroxylation is 1. The van der Waals surface area contributed by atoms with Crippen LogP contribution >= 0.6 is 11.6 Å². The number of pyridine rings is 1. The first-order valence-corrected chi connectivity index (χ1v) is 11.6. The van der Waals surface area contributed by atoms with Gasteiger partial charge >= 0.3 is 6.03 Å². The van der Waals surface area contributed by atoms with E-state index in [9.17, 15) is 9.59 Å². The van der Waals surface area contributed by atoms with Gasteiger partial charge in [0.2, 0.25) is 0 Å². The van der Waals surface area contributed by atoms with Crippen molar-refractivity contribution in [3.63, 3.8) is 0 Å². The van der Waals surface area contributed by atoms with Gasteiger partial charge in [-0.25, -0.2) is 9.48 Å². The molecule has 0 spiro atoms. The number of halogens is 1. The molecule has 2 aromatic carbocycles. The highest BCUT2D eigenvalue weighted by Crippen LogP contribution is 2.30. The lowest BCUT2D eigenvalue weighted by molar-refractivity contribution is 0.0995. The second kappa shape index (κ2) is 10.5. The average molecular weight is 505 g/mol. The van der Waals surface area contributed by atoms with E-state index in [1.807, 2.05) is 51.1 Å². The van der Waals surface area contributed by atoms with E-state index < -0.39 is 11.9 Å². The minimum atomic E-state index is -0.659. The molecule has 3 amide bonds. The molecule has 0 saturated carbocycles. The van der Waals surface area contributed by atoms with Crippen LogP contribution in [0.25, 0.3) is 5.69 Å². The summed E-state index contributed by atoms with van der Waals surface area (Å²) in [6.45, 7) is 6.07. The number of hydrogen-bond acceptors (Lipinski definition) is 5. The van der Waals surface area contributed by atoms with Gasteiger partial charge in [0, 0.05) is 24.4 Å². The highest BCUT2D eigenvalue weighted by molar-refractivity contribution is 6.34. The molecular formula is C26H25ClN6O3. The van der Waals surface area contributed by atoms with Gasteiger partial charge in [0.1, 0.15) is 23.0 Å². The molecule has 2 heterocycles. The van der Waals surface area contributed by atoms with Crippen LogP contribution in [0, 0.1) is 6.92 Å². The van der Waals surface area contributed by atoms with E-state index in [4.69, 9.17) is 22.1 Å². The van der Waals surface area contributed by atoms with Crippen molar-refractivity contribution in [3.8, 4) is 17.2 Å². The Kier molecular flexibility index (Phi) is 7.21. The maximum atomic E-state index is 12.8. The summed E-state index contributed by atoms with van der Waals surface area (Å²) in [4.78, 5) is 28.0. The van der Waals surface area contributed by atoms with Gasteiger partial charge in [0.05, 0.1) is 22.1 Å². The predicted molar refractivity (Wildman–Crippen MR) is 139 cm³/mol. The number of hydrogen-bond donors (Lipinski definition) is 3. The van der Waals surface area contributed by atoms with Crippen LogP contribution in [0.15, 0.2) is 66.9 Å². The van der Waals surface area contributed by atoms with Crippen molar-refractivity contribution in [2.45, 2.75) is 26.7 Å². The first kappa shape index (κ1) is 24.7. The van der Waals surface area contributed by atoms with Crippen molar-refractivity contribution >= 4 is 35.0 Å². The zero-order valence-corrected chi connectivity index (χ0v) is 20.7. The quantitative estimate of drug-likeness (QED) is 0.289. The second-order valence-corrected chi connectivity index (χ2v) is 8.83. The third-order valence-electron chi connectivity index (χ3n) is 5.22. The number of nitrogens with one attached hydrogen (secondary N) is 2. The summed E-state index contributed by atoms with van der Waals surface area (Å²) in [5.41, 5.74) is 8.50. The van der Waals surface area contributed by atoms with Gasteiger partial charge in [-0.1, -0.05) is 37.6 Å². The number of rotatable bonds is 7. The summed E-state index contributed by atoms with van der Waals surface area (Å²) < 4.78 is 7.44. The molecule has 0 radical (unpaired) electrons. The summed E-state index contributed by atoms with van der Waals surface area (Å²) in [6, 6.07) is 17.0. The van der Waals surface area contributed by atoms with Gasteiger partial charge in [-0.05, 0) is 48.7 Å². The van der Waals surface area contributed by atoms with E-state index in [2.05, 4.69) is 20.7 Å². The molecule has 0 aliphatic carbocycles. The number of amides is 3. The van der Waals surface area contributed by atoms with Crippen LogP contribution in [0.3, 0.4) is 0 Å². The minimum Gasteiger partial charge on any atom is -0.457 e. The highest BCUT2D eigenvalue weighted by Gasteiger charge is 2.16. The molecule has 4 rings (SSSR count). The molecule has 0 unspecified atom stereocenters. The van der Waals surface area contributed by atoms with E-state index in [1.165, 1.54) is 12.3 Å². The van der Waals surface area contributed by atoms with E-state index >= 15 is 0 Å². The number of urea groups is 1. The van der Waals surface area contributed by atoms with E-state index in [1.54, 1.807) is 28.9 Å². The van der Waals surface area contributed by atoms with Crippen molar-refractivity contribution < 1.29 is 14.3 Å². The number of carbonyl (C=O) groups is 2. The number of carbonyl (C=O) groups excluding carboxylic acids is 2. The summed E-state index contributed by atoms with van der Waals surface area (Å²) in [6.07, 6.45) is 1.42. The fraction of sp³-hybridized carbons (Fsp3) is 0.154. The molecule has 0 saturated heterocycles. The maximum absolute atomic E-state index is 12.8. The monoisotopic (exact) mass is 504 g/mol. The fourth-order valence-corrected chi connectivity index (χ4v) is 3.62. The van der Waals surface area contributed by atoms with Crippen molar-refractivity contribution in [1.82, 2.24) is 14.8 Å². The molecule has 9 nitrogen and oxygen atoms in total. The number of nitrogens with zero attached hydrogens (tertiary/aromatic N) is 3. The molecule has 2 aromatic heterocycles. The Hall–Kier alpha value is -4.37. The number of anilines is 2. The number of benzene rings is 2. The lowest BCUT2D eigenvalue weighted by Gasteiger charge is -2.12. The maximum Gasteiger partial charge on any atom is 0.324 e. The van der Waals surface area contributed by atoms with Gasteiger partial charge in [0.25, 0.3) is 5.91 Å². The zero-order chi connectivity index (χ0) is 25.8. The first-order valence-electron chi connectivity index (χ1n) is 11.2. The van der Waals surface area contributed by atoms with Gasteiger partial charge in [0.15, 0.2) is 0 Å². The van der Waals surface area contributed by atoms with E-state index in [0.29, 0.717) is 23.0 Å². The van der Waals surface area contributed by atoms with Gasteiger partial charge in [-0.15, -0.1) is 0 Å². The molecular weight excluding hydrogens is 480 g/mol. The standard InChI is InChI=1S/C26H25ClN6O3/c1-15(2)22-14-24(33(32-22)17-6-4-5-16(3)11-17)31-26(35)30-21-8-7-18(12-20(21)27)36-19-9-10-29-23(13-19)25(28)34/h4-15H,1-3H3,(H2,28,34)(H2,30,31,35). The largest absolute Gasteiger partial charge is 0.457 e. The van der Waals surface area contributed by atoms with Gasteiger partial charge in [-0.3, -0.25) is 15.1 Å². The lowest BCUT2D eigenvalue weighted by atomic mass is 10.1. The first-order chi connectivity index (χ1) is 17.2. The van der Waals surface area contributed by atoms with Gasteiger partial charge < -0.3 is 15.8 Å². The predicted octanol–water partition coefficient (Wildman–Crippen LogP) is 5.89. The molecule has 0 atom stereocenters. The Labute approximate surface area is 213 Å². The van der Waals surface area contributed by atoms with Crippen LogP contribution in [0.5, 0.6) is 11.5 Å². The average Bonchev–Trinajstić information content (AvgIpc) is 3.25. The number of primary amides is 1. The Balaban J connectivity index is 1.49. The summed E-state index contributed by atoms with van der Waals surface area (Å²) in [5, 5.41) is 10.5. The number of nitrogens with two attached hydrogens (primary N) is 1. The smallest absolute Gasteiger partial charge is 0.324 e. The third-order valence-corrected chi connectivity index (χ3v) is 5.53. The van der Waals surface area contributed by atoms with Crippen LogP contribution in [0.1, 0.15) is 41.5 Å². The van der Waals surface area contributed by atoms with Crippen molar-refractivity contribution in [1.29, 1.82) is 0 Å². The molecule has 0 fully saturated rings. The second-order valence-electron chi connectivity index (χ2n) is 8.42.